The quantitative estimate of drug-likeness (QED) is 0.192. The van der Waals surface area contributed by atoms with Crippen LogP contribution in [0.5, 0.6) is 5.75 Å². The highest BCUT2D eigenvalue weighted by molar-refractivity contribution is 5.84. The van der Waals surface area contributed by atoms with E-state index in [1.807, 2.05) is 12.1 Å². The molecule has 3 aromatic carbocycles. The summed E-state index contributed by atoms with van der Waals surface area (Å²) in [4.78, 5) is 29.2. The number of piperidine rings is 2. The molecule has 0 spiro atoms. The SMILES string of the molecule is CCC1(C(=O)O)C(c2ccccc2OC(F)F)C(CCCN2CCC(c3ccccc3)(c3ccccc3)CC2)(C(=O)O)C(C)N[C@@H]1C. The molecule has 2 aliphatic heterocycles. The van der Waals surface area contributed by atoms with Crippen LogP contribution in [-0.2, 0) is 15.0 Å². The number of carboxylic acids is 2. The van der Waals surface area contributed by atoms with Crippen LogP contribution in [0.25, 0.3) is 0 Å². The second-order valence-electron chi connectivity index (χ2n) is 13.3. The van der Waals surface area contributed by atoms with Gasteiger partial charge in [-0.05, 0) is 88.3 Å². The minimum atomic E-state index is -3.15. The Morgan fingerprint density at radius 2 is 1.36 bits per heavy atom. The molecular formula is C38H46F2N2O5. The second-order valence-corrected chi connectivity index (χ2v) is 13.3. The van der Waals surface area contributed by atoms with Crippen LogP contribution in [-0.4, -0.2) is 65.4 Å². The fourth-order valence-electron chi connectivity index (χ4n) is 8.87. The molecule has 0 saturated carbocycles. The van der Waals surface area contributed by atoms with Crippen LogP contribution < -0.4 is 10.1 Å². The third-order valence-electron chi connectivity index (χ3n) is 11.3. The van der Waals surface area contributed by atoms with E-state index in [-0.39, 0.29) is 29.6 Å². The molecule has 4 unspecified atom stereocenters. The number of para-hydroxylation sites is 1. The van der Waals surface area contributed by atoms with Gasteiger partial charge < -0.3 is 25.2 Å². The summed E-state index contributed by atoms with van der Waals surface area (Å²) in [6.07, 6.45) is 2.55. The van der Waals surface area contributed by atoms with Gasteiger partial charge in [0.25, 0.3) is 0 Å². The summed E-state index contributed by atoms with van der Waals surface area (Å²) in [7, 11) is 0. The molecule has 2 saturated heterocycles. The largest absolute Gasteiger partial charge is 0.481 e. The van der Waals surface area contributed by atoms with Crippen LogP contribution in [0.3, 0.4) is 0 Å². The lowest BCUT2D eigenvalue weighted by molar-refractivity contribution is -0.173. The van der Waals surface area contributed by atoms with Crippen molar-refractivity contribution < 1.29 is 33.3 Å². The summed E-state index contributed by atoms with van der Waals surface area (Å²) in [5, 5.41) is 25.2. The maximum Gasteiger partial charge on any atom is 0.387 e. The van der Waals surface area contributed by atoms with Gasteiger partial charge in [0, 0.05) is 23.4 Å². The van der Waals surface area contributed by atoms with E-state index in [1.165, 1.54) is 23.3 Å². The molecular weight excluding hydrogens is 602 g/mol. The Kier molecular flexibility index (Phi) is 10.4. The van der Waals surface area contributed by atoms with Gasteiger partial charge >= 0.3 is 18.6 Å². The van der Waals surface area contributed by atoms with Crippen LogP contribution in [0, 0.1) is 10.8 Å². The number of carboxylic acid groups (broad SMARTS) is 2. The van der Waals surface area contributed by atoms with E-state index in [9.17, 15) is 28.6 Å². The molecule has 3 aromatic rings. The van der Waals surface area contributed by atoms with Gasteiger partial charge in [-0.1, -0.05) is 85.8 Å². The predicted molar refractivity (Wildman–Crippen MR) is 177 cm³/mol. The van der Waals surface area contributed by atoms with Crippen molar-refractivity contribution in [2.75, 3.05) is 19.6 Å². The van der Waals surface area contributed by atoms with E-state index < -0.39 is 47.4 Å². The zero-order chi connectivity index (χ0) is 33.8. The highest BCUT2D eigenvalue weighted by atomic mass is 19.3. The number of halogens is 2. The molecule has 7 nitrogen and oxygen atoms in total. The molecule has 2 heterocycles. The first-order chi connectivity index (χ1) is 22.5. The Morgan fingerprint density at radius 1 is 0.851 bits per heavy atom. The van der Waals surface area contributed by atoms with Gasteiger partial charge in [-0.25, -0.2) is 0 Å². The molecule has 2 aliphatic rings. The molecule has 0 aromatic heterocycles. The normalized spacial score (nSPS) is 27.7. The summed E-state index contributed by atoms with van der Waals surface area (Å²) in [5.74, 6) is -3.64. The highest BCUT2D eigenvalue weighted by Crippen LogP contribution is 2.60. The van der Waals surface area contributed by atoms with E-state index >= 15 is 0 Å². The van der Waals surface area contributed by atoms with E-state index in [1.54, 1.807) is 32.9 Å². The van der Waals surface area contributed by atoms with Gasteiger partial charge in [0.15, 0.2) is 0 Å². The van der Waals surface area contributed by atoms with Crippen LogP contribution >= 0.6 is 0 Å². The number of aliphatic carboxylic acids is 2. The van der Waals surface area contributed by atoms with Crippen LogP contribution in [0.1, 0.15) is 75.5 Å². The number of rotatable bonds is 12. The predicted octanol–water partition coefficient (Wildman–Crippen LogP) is 7.17. The summed E-state index contributed by atoms with van der Waals surface area (Å²) in [6, 6.07) is 25.9. The zero-order valence-electron chi connectivity index (χ0n) is 27.4. The van der Waals surface area contributed by atoms with Crippen LogP contribution in [0.15, 0.2) is 84.9 Å². The molecule has 252 valence electrons. The van der Waals surface area contributed by atoms with Gasteiger partial charge in [0.05, 0.1) is 10.8 Å². The van der Waals surface area contributed by atoms with Gasteiger partial charge in [0.2, 0.25) is 0 Å². The first-order valence-electron chi connectivity index (χ1n) is 16.6. The number of hydrogen-bond donors (Lipinski definition) is 3. The number of likely N-dealkylation sites (tertiary alicyclic amines) is 1. The Labute approximate surface area is 275 Å². The van der Waals surface area contributed by atoms with E-state index in [4.69, 9.17) is 4.74 Å². The molecule has 0 radical (unpaired) electrons. The minimum absolute atomic E-state index is 0.0963. The monoisotopic (exact) mass is 648 g/mol. The van der Waals surface area contributed by atoms with Crippen molar-refractivity contribution in [1.82, 2.24) is 10.2 Å². The molecule has 3 N–H and O–H groups in total. The van der Waals surface area contributed by atoms with Crippen LogP contribution in [0.4, 0.5) is 8.78 Å². The number of carbonyl (C=O) groups is 2. The van der Waals surface area contributed by atoms with E-state index in [2.05, 4.69) is 58.7 Å². The summed E-state index contributed by atoms with van der Waals surface area (Å²) in [5.41, 5.74) is -0.583. The molecule has 0 amide bonds. The van der Waals surface area contributed by atoms with Crippen molar-refractivity contribution in [1.29, 1.82) is 0 Å². The third kappa shape index (κ3) is 6.16. The van der Waals surface area contributed by atoms with Crippen molar-refractivity contribution in [3.63, 3.8) is 0 Å². The highest BCUT2D eigenvalue weighted by Gasteiger charge is 2.66. The summed E-state index contributed by atoms with van der Waals surface area (Å²) in [6.45, 7) is 4.34. The smallest absolute Gasteiger partial charge is 0.387 e. The maximum atomic E-state index is 13.6. The standard InChI is InChI=1S/C38H46F2N2O5/c1-4-37(33(43)44)26(2)41-27(3)38(34(45)46,32(37)30-18-11-12-19-31(30)47-35(39)40)20-13-23-42-24-21-36(22-25-42,28-14-7-5-8-15-28)29-16-9-6-10-17-29/h5-12,14-19,26-27,32,35,41H,4,13,20-25H2,1-3H3,(H,43,44)(H,45,46)/t26-,27?,32?,37?,38?/m1/s1. The number of alkyl halides is 2. The Hall–Kier alpha value is -3.82. The molecule has 2 fully saturated rings. The maximum absolute atomic E-state index is 13.6. The second kappa shape index (κ2) is 14.1. The van der Waals surface area contributed by atoms with Crippen molar-refractivity contribution in [3.8, 4) is 5.75 Å². The summed E-state index contributed by atoms with van der Waals surface area (Å²) < 4.78 is 32.1. The average molecular weight is 649 g/mol. The van der Waals surface area contributed by atoms with Gasteiger partial charge in [-0.3, -0.25) is 9.59 Å². The van der Waals surface area contributed by atoms with E-state index in [0.717, 1.165) is 25.9 Å². The van der Waals surface area contributed by atoms with Gasteiger partial charge in [-0.2, -0.15) is 8.78 Å². The lowest BCUT2D eigenvalue weighted by Gasteiger charge is -2.57. The van der Waals surface area contributed by atoms with Crippen molar-refractivity contribution in [3.05, 3.63) is 102 Å². The number of nitrogens with one attached hydrogen (secondary N) is 1. The van der Waals surface area contributed by atoms with Crippen molar-refractivity contribution in [2.45, 2.75) is 82.9 Å². The van der Waals surface area contributed by atoms with Crippen molar-refractivity contribution >= 4 is 11.9 Å². The number of hydrogen-bond acceptors (Lipinski definition) is 5. The Balaban J connectivity index is 1.45. The number of ether oxygens (including phenoxy) is 1. The molecule has 5 atom stereocenters. The number of nitrogens with zero attached hydrogens (tertiary/aromatic N) is 1. The van der Waals surface area contributed by atoms with Gasteiger partial charge in [-0.15, -0.1) is 0 Å². The lowest BCUT2D eigenvalue weighted by Crippen LogP contribution is -2.69. The summed E-state index contributed by atoms with van der Waals surface area (Å²) >= 11 is 0. The molecule has 9 heteroatoms. The average Bonchev–Trinajstić information content (AvgIpc) is 3.06. The third-order valence-corrected chi connectivity index (χ3v) is 11.3. The van der Waals surface area contributed by atoms with Crippen molar-refractivity contribution in [2.24, 2.45) is 10.8 Å². The zero-order valence-corrected chi connectivity index (χ0v) is 27.4. The fraction of sp³-hybridized carbons (Fsp3) is 0.474. The molecule has 5 rings (SSSR count). The molecule has 47 heavy (non-hydrogen) atoms. The number of benzene rings is 3. The topological polar surface area (TPSA) is 99.1 Å². The Bertz CT molecular complexity index is 1470. The molecule has 0 aliphatic carbocycles. The van der Waals surface area contributed by atoms with Gasteiger partial charge in [0.1, 0.15) is 5.75 Å². The molecule has 0 bridgehead atoms. The fourth-order valence-corrected chi connectivity index (χ4v) is 8.87. The van der Waals surface area contributed by atoms with E-state index in [0.29, 0.717) is 13.0 Å². The lowest BCUT2D eigenvalue weighted by atomic mass is 9.49. The minimum Gasteiger partial charge on any atom is -0.481 e. The first kappa shape index (κ1) is 34.5. The first-order valence-corrected chi connectivity index (χ1v) is 16.6. The van der Waals surface area contributed by atoms with Crippen LogP contribution in [0.2, 0.25) is 0 Å². The Morgan fingerprint density at radius 3 is 1.87 bits per heavy atom.